The predicted octanol–water partition coefficient (Wildman–Crippen LogP) is 2.64. The molecule has 4 rings (SSSR count). The lowest BCUT2D eigenvalue weighted by molar-refractivity contribution is 1.12. The number of nitrogens with zero attached hydrogens (tertiary/aromatic N) is 4. The molecular weight excluding hydrogens is 252 g/mol. The summed E-state index contributed by atoms with van der Waals surface area (Å²) in [6.07, 6.45) is 5.08. The van der Waals surface area contributed by atoms with E-state index in [4.69, 9.17) is 0 Å². The van der Waals surface area contributed by atoms with E-state index in [9.17, 15) is 0 Å². The number of nitrogens with one attached hydrogen (secondary N) is 2. The van der Waals surface area contributed by atoms with Crippen molar-refractivity contribution in [1.29, 1.82) is 0 Å². The fraction of sp³-hybridized carbons (Fsp3) is 0. The topological polar surface area (TPSA) is 79.4 Å². The molecule has 0 aliphatic heterocycles. The van der Waals surface area contributed by atoms with E-state index in [1.54, 1.807) is 18.7 Å². The summed E-state index contributed by atoms with van der Waals surface area (Å²) in [7, 11) is 0. The molecule has 0 bridgehead atoms. The first-order chi connectivity index (χ1) is 9.90. The first-order valence-electron chi connectivity index (χ1n) is 6.16. The number of hydrogen-bond donors (Lipinski definition) is 2. The van der Waals surface area contributed by atoms with Crippen LogP contribution >= 0.6 is 0 Å². The molecule has 3 aromatic heterocycles. The number of fused-ring (bicyclic) bond motifs is 2. The highest BCUT2D eigenvalue weighted by Gasteiger charge is 2.06. The summed E-state index contributed by atoms with van der Waals surface area (Å²) in [4.78, 5) is 12.5. The summed E-state index contributed by atoms with van der Waals surface area (Å²) >= 11 is 0. The van der Waals surface area contributed by atoms with Gasteiger partial charge in [0.25, 0.3) is 0 Å². The number of anilines is 2. The number of rotatable bonds is 2. The van der Waals surface area contributed by atoms with E-state index in [1.807, 2.05) is 30.3 Å². The lowest BCUT2D eigenvalue weighted by Gasteiger charge is -2.04. The first kappa shape index (κ1) is 10.9. The molecular formula is C14H10N6. The second-order valence-electron chi connectivity index (χ2n) is 4.39. The predicted molar refractivity (Wildman–Crippen MR) is 76.7 cm³/mol. The van der Waals surface area contributed by atoms with E-state index in [0.29, 0.717) is 5.82 Å². The third kappa shape index (κ3) is 1.74. The minimum Gasteiger partial charge on any atom is -0.337 e. The van der Waals surface area contributed by atoms with Gasteiger partial charge in [-0.3, -0.25) is 10.1 Å². The number of aromatic nitrogens is 5. The molecule has 20 heavy (non-hydrogen) atoms. The molecule has 6 heteroatoms. The van der Waals surface area contributed by atoms with Crippen LogP contribution < -0.4 is 5.32 Å². The summed E-state index contributed by atoms with van der Waals surface area (Å²) in [6, 6.07) is 9.70. The Balaban J connectivity index is 1.76. The largest absolute Gasteiger partial charge is 0.337 e. The fourth-order valence-corrected chi connectivity index (χ4v) is 2.14. The molecule has 0 saturated heterocycles. The van der Waals surface area contributed by atoms with Crippen LogP contribution in [0.4, 0.5) is 11.5 Å². The highest BCUT2D eigenvalue weighted by Crippen LogP contribution is 2.23. The highest BCUT2D eigenvalue weighted by molar-refractivity contribution is 5.89. The van der Waals surface area contributed by atoms with E-state index < -0.39 is 0 Å². The summed E-state index contributed by atoms with van der Waals surface area (Å²) < 4.78 is 0. The van der Waals surface area contributed by atoms with Crippen LogP contribution in [0.15, 0.2) is 49.1 Å². The maximum atomic E-state index is 4.32. The van der Waals surface area contributed by atoms with Crippen LogP contribution in [-0.4, -0.2) is 25.1 Å². The number of hydrogen-bond acceptors (Lipinski definition) is 5. The summed E-state index contributed by atoms with van der Waals surface area (Å²) in [5.74, 6) is 0.705. The van der Waals surface area contributed by atoms with Crippen LogP contribution in [0.2, 0.25) is 0 Å². The summed E-state index contributed by atoms with van der Waals surface area (Å²) in [5.41, 5.74) is 3.55. The SMILES string of the molecule is c1cnc2c(Nc3ccc4ncncc4c3)n[nH]c2c1. The van der Waals surface area contributed by atoms with Gasteiger partial charge in [-0.05, 0) is 30.3 Å². The smallest absolute Gasteiger partial charge is 0.178 e. The molecule has 0 unspecified atom stereocenters. The Hall–Kier alpha value is -3.02. The van der Waals surface area contributed by atoms with Crippen molar-refractivity contribution in [3.8, 4) is 0 Å². The van der Waals surface area contributed by atoms with Crippen LogP contribution in [0.5, 0.6) is 0 Å². The average molecular weight is 262 g/mol. The van der Waals surface area contributed by atoms with Crippen LogP contribution in [0.3, 0.4) is 0 Å². The van der Waals surface area contributed by atoms with Gasteiger partial charge in [0, 0.05) is 23.5 Å². The highest BCUT2D eigenvalue weighted by atomic mass is 15.2. The van der Waals surface area contributed by atoms with Crippen molar-refractivity contribution in [2.45, 2.75) is 0 Å². The van der Waals surface area contributed by atoms with Gasteiger partial charge in [-0.25, -0.2) is 9.97 Å². The Labute approximate surface area is 113 Å². The van der Waals surface area contributed by atoms with Crippen molar-refractivity contribution in [2.24, 2.45) is 0 Å². The number of pyridine rings is 1. The van der Waals surface area contributed by atoms with Crippen LogP contribution in [0, 0.1) is 0 Å². The molecule has 0 saturated carbocycles. The lowest BCUT2D eigenvalue weighted by atomic mass is 10.2. The molecule has 96 valence electrons. The van der Waals surface area contributed by atoms with Crippen molar-refractivity contribution >= 4 is 33.4 Å². The van der Waals surface area contributed by atoms with E-state index in [0.717, 1.165) is 27.6 Å². The molecule has 1 aromatic carbocycles. The van der Waals surface area contributed by atoms with Gasteiger partial charge in [-0.1, -0.05) is 0 Å². The molecule has 0 atom stereocenters. The van der Waals surface area contributed by atoms with Gasteiger partial charge in [0.15, 0.2) is 5.82 Å². The van der Waals surface area contributed by atoms with Gasteiger partial charge >= 0.3 is 0 Å². The van der Waals surface area contributed by atoms with Crippen molar-refractivity contribution in [3.63, 3.8) is 0 Å². The number of aromatic amines is 1. The van der Waals surface area contributed by atoms with Crippen molar-refractivity contribution < 1.29 is 0 Å². The molecule has 0 amide bonds. The molecule has 0 radical (unpaired) electrons. The Morgan fingerprint density at radius 2 is 2.10 bits per heavy atom. The van der Waals surface area contributed by atoms with Gasteiger partial charge < -0.3 is 5.32 Å². The third-order valence-corrected chi connectivity index (χ3v) is 3.09. The van der Waals surface area contributed by atoms with Gasteiger partial charge in [-0.2, -0.15) is 5.10 Å². The van der Waals surface area contributed by atoms with E-state index in [1.165, 1.54) is 0 Å². The normalized spacial score (nSPS) is 11.0. The Morgan fingerprint density at radius 1 is 1.10 bits per heavy atom. The Kier molecular flexibility index (Phi) is 2.32. The number of benzene rings is 1. The lowest BCUT2D eigenvalue weighted by Crippen LogP contribution is -1.92. The quantitative estimate of drug-likeness (QED) is 0.580. The van der Waals surface area contributed by atoms with E-state index in [2.05, 4.69) is 30.5 Å². The maximum Gasteiger partial charge on any atom is 0.178 e. The zero-order chi connectivity index (χ0) is 13.4. The third-order valence-electron chi connectivity index (χ3n) is 3.09. The van der Waals surface area contributed by atoms with Gasteiger partial charge in [-0.15, -0.1) is 0 Å². The van der Waals surface area contributed by atoms with Crippen LogP contribution in [0.1, 0.15) is 0 Å². The van der Waals surface area contributed by atoms with Gasteiger partial charge in [0.2, 0.25) is 0 Å². The van der Waals surface area contributed by atoms with Crippen LogP contribution in [0.25, 0.3) is 21.9 Å². The molecule has 0 fully saturated rings. The van der Waals surface area contributed by atoms with Crippen molar-refractivity contribution in [3.05, 3.63) is 49.1 Å². The standard InChI is InChI=1S/C14H10N6/c1-2-12-13(16-5-1)14(20-19-12)18-10-3-4-11-9(6-10)7-15-8-17-11/h1-8H,(H2,18,19,20). The van der Waals surface area contributed by atoms with Gasteiger partial charge in [0.1, 0.15) is 11.8 Å². The second-order valence-corrected chi connectivity index (χ2v) is 4.39. The molecule has 0 aliphatic rings. The summed E-state index contributed by atoms with van der Waals surface area (Å²) in [6.45, 7) is 0. The molecule has 4 aromatic rings. The van der Waals surface area contributed by atoms with Crippen molar-refractivity contribution in [1.82, 2.24) is 25.1 Å². The van der Waals surface area contributed by atoms with E-state index in [-0.39, 0.29) is 0 Å². The minimum atomic E-state index is 0.705. The zero-order valence-electron chi connectivity index (χ0n) is 10.4. The first-order valence-corrected chi connectivity index (χ1v) is 6.16. The fourth-order valence-electron chi connectivity index (χ4n) is 2.14. The Morgan fingerprint density at radius 3 is 3.10 bits per heavy atom. The molecule has 3 heterocycles. The Bertz CT molecular complexity index is 898. The van der Waals surface area contributed by atoms with Crippen molar-refractivity contribution in [2.75, 3.05) is 5.32 Å². The number of H-pyrrole nitrogens is 1. The van der Waals surface area contributed by atoms with E-state index >= 15 is 0 Å². The maximum absolute atomic E-state index is 4.32. The van der Waals surface area contributed by atoms with Gasteiger partial charge in [0.05, 0.1) is 11.0 Å². The summed E-state index contributed by atoms with van der Waals surface area (Å²) in [5, 5.41) is 11.4. The second kappa shape index (κ2) is 4.27. The molecule has 6 nitrogen and oxygen atoms in total. The average Bonchev–Trinajstić information content (AvgIpc) is 2.91. The van der Waals surface area contributed by atoms with Crippen LogP contribution in [-0.2, 0) is 0 Å². The zero-order valence-corrected chi connectivity index (χ0v) is 10.4. The molecule has 2 N–H and O–H groups in total. The minimum absolute atomic E-state index is 0.705. The molecule has 0 aliphatic carbocycles. The monoisotopic (exact) mass is 262 g/mol. The molecule has 0 spiro atoms.